The Morgan fingerprint density at radius 2 is 2.00 bits per heavy atom. The molecule has 4 rings (SSSR count). The molecular weight excluding hydrogens is 446 g/mol. The first-order valence-electron chi connectivity index (χ1n) is 10.0. The second kappa shape index (κ2) is 9.35. The molecule has 4 atom stereocenters. The molecule has 4 heterocycles. The van der Waals surface area contributed by atoms with Crippen LogP contribution in [0.4, 0.5) is 5.82 Å². The molecule has 0 bridgehead atoms. The van der Waals surface area contributed by atoms with Crippen molar-refractivity contribution in [2.75, 3.05) is 26.4 Å². The third kappa shape index (κ3) is 4.22. The monoisotopic (exact) mass is 467 g/mol. The first-order valence-corrected chi connectivity index (χ1v) is 10.0. The average molecular weight is 467 g/mol. The molecular formula is C20H21N9O5. The van der Waals surface area contributed by atoms with Gasteiger partial charge in [-0.1, -0.05) is 5.92 Å². The Bertz CT molecular complexity index is 1290. The SMILES string of the molecule is CNC(=O)[C@H]1O[C@@H](n2cnc3c(N)nc(C#CCN(C)C(=O)c4cncnc4)nc32)[C@H](O)[C@H]1O. The first kappa shape index (κ1) is 23.0. The molecule has 2 amide bonds. The number of nitrogens with zero attached hydrogens (tertiary/aromatic N) is 7. The van der Waals surface area contributed by atoms with Crippen molar-refractivity contribution in [3.05, 3.63) is 36.4 Å². The van der Waals surface area contributed by atoms with Gasteiger partial charge in [-0.25, -0.2) is 24.9 Å². The summed E-state index contributed by atoms with van der Waals surface area (Å²) >= 11 is 0. The van der Waals surface area contributed by atoms with E-state index in [9.17, 15) is 19.8 Å². The molecule has 1 aliphatic rings. The highest BCUT2D eigenvalue weighted by molar-refractivity contribution is 5.93. The van der Waals surface area contributed by atoms with Gasteiger partial charge in [-0.2, -0.15) is 0 Å². The number of hydrogen-bond acceptors (Lipinski definition) is 11. The summed E-state index contributed by atoms with van der Waals surface area (Å²) in [6, 6.07) is 0. The Labute approximate surface area is 192 Å². The second-order valence-electron chi connectivity index (χ2n) is 7.39. The number of aromatic nitrogens is 6. The second-order valence-corrected chi connectivity index (χ2v) is 7.39. The number of rotatable bonds is 4. The number of anilines is 1. The quantitative estimate of drug-likeness (QED) is 0.301. The fraction of sp³-hybridized carbons (Fsp3) is 0.350. The predicted molar refractivity (Wildman–Crippen MR) is 116 cm³/mol. The lowest BCUT2D eigenvalue weighted by molar-refractivity contribution is -0.137. The van der Waals surface area contributed by atoms with Crippen LogP contribution in [0, 0.1) is 11.8 Å². The summed E-state index contributed by atoms with van der Waals surface area (Å²) < 4.78 is 6.92. The number of fused-ring (bicyclic) bond motifs is 1. The Kier molecular flexibility index (Phi) is 6.32. The third-order valence-electron chi connectivity index (χ3n) is 5.14. The van der Waals surface area contributed by atoms with Crippen LogP contribution in [0.3, 0.4) is 0 Å². The van der Waals surface area contributed by atoms with E-state index in [1.807, 2.05) is 0 Å². The summed E-state index contributed by atoms with van der Waals surface area (Å²) in [5.74, 6) is 4.74. The molecule has 3 aromatic rings. The molecule has 14 heteroatoms. The molecule has 1 aliphatic heterocycles. The third-order valence-corrected chi connectivity index (χ3v) is 5.14. The molecule has 3 aromatic heterocycles. The van der Waals surface area contributed by atoms with Gasteiger partial charge >= 0.3 is 0 Å². The molecule has 14 nitrogen and oxygen atoms in total. The topological polar surface area (TPSA) is 194 Å². The molecule has 0 saturated carbocycles. The maximum absolute atomic E-state index is 12.4. The number of imidazole rings is 1. The zero-order valence-corrected chi connectivity index (χ0v) is 18.2. The molecule has 1 fully saturated rings. The number of aliphatic hydroxyl groups excluding tert-OH is 2. The Morgan fingerprint density at radius 3 is 2.71 bits per heavy atom. The van der Waals surface area contributed by atoms with Gasteiger partial charge in [-0.05, 0) is 5.92 Å². The van der Waals surface area contributed by atoms with Crippen molar-refractivity contribution in [1.82, 2.24) is 39.7 Å². The van der Waals surface area contributed by atoms with Gasteiger partial charge in [-0.15, -0.1) is 0 Å². The lowest BCUT2D eigenvalue weighted by Gasteiger charge is -2.16. The summed E-state index contributed by atoms with van der Waals surface area (Å²) in [5, 5.41) is 23.0. The van der Waals surface area contributed by atoms with E-state index < -0.39 is 30.4 Å². The van der Waals surface area contributed by atoms with Gasteiger partial charge in [0.05, 0.1) is 18.4 Å². The van der Waals surface area contributed by atoms with E-state index in [0.717, 1.165) is 0 Å². The Balaban J connectivity index is 1.57. The molecule has 0 radical (unpaired) electrons. The van der Waals surface area contributed by atoms with Gasteiger partial charge in [0.1, 0.15) is 24.1 Å². The van der Waals surface area contributed by atoms with Crippen LogP contribution in [0.1, 0.15) is 22.4 Å². The van der Waals surface area contributed by atoms with Crippen LogP contribution in [-0.2, 0) is 9.53 Å². The van der Waals surface area contributed by atoms with E-state index in [2.05, 4.69) is 42.1 Å². The number of ether oxygens (including phenoxy) is 1. The minimum Gasteiger partial charge on any atom is -0.387 e. The summed E-state index contributed by atoms with van der Waals surface area (Å²) in [6.45, 7) is 0.0682. The fourth-order valence-electron chi connectivity index (χ4n) is 3.37. The standard InChI is InChI=1S/C20H21N9O5/c1-22-18(32)15-13(30)14(31)20(34-15)29-9-25-12-16(21)26-11(27-17(12)29)4-3-5-28(2)19(33)10-6-23-8-24-7-10/h6-9,13-15,20,30-31H,5H2,1-2H3,(H,22,32)(H2,21,26,27)/t13-,14-,15+,20-/m1/s1. The van der Waals surface area contributed by atoms with E-state index in [1.165, 1.54) is 41.6 Å². The van der Waals surface area contributed by atoms with E-state index >= 15 is 0 Å². The van der Waals surface area contributed by atoms with Crippen molar-refractivity contribution in [3.63, 3.8) is 0 Å². The lowest BCUT2D eigenvalue weighted by Crippen LogP contribution is -2.41. The van der Waals surface area contributed by atoms with E-state index in [1.54, 1.807) is 7.05 Å². The largest absolute Gasteiger partial charge is 0.387 e. The van der Waals surface area contributed by atoms with Gasteiger partial charge in [-0.3, -0.25) is 14.2 Å². The highest BCUT2D eigenvalue weighted by Crippen LogP contribution is 2.32. The van der Waals surface area contributed by atoms with Gasteiger partial charge < -0.3 is 30.9 Å². The Morgan fingerprint density at radius 1 is 1.26 bits per heavy atom. The van der Waals surface area contributed by atoms with Gasteiger partial charge in [0.15, 0.2) is 23.8 Å². The number of carbonyl (C=O) groups is 2. The molecule has 0 aromatic carbocycles. The number of aliphatic hydroxyl groups is 2. The normalized spacial score (nSPS) is 21.6. The molecule has 34 heavy (non-hydrogen) atoms. The zero-order chi connectivity index (χ0) is 24.4. The van der Waals surface area contributed by atoms with Crippen LogP contribution in [0.25, 0.3) is 11.2 Å². The molecule has 1 saturated heterocycles. The van der Waals surface area contributed by atoms with Crippen LogP contribution < -0.4 is 11.1 Å². The number of hydrogen-bond donors (Lipinski definition) is 4. The highest BCUT2D eigenvalue weighted by Gasteiger charge is 2.47. The number of nitrogens with two attached hydrogens (primary N) is 1. The van der Waals surface area contributed by atoms with Crippen LogP contribution in [0.5, 0.6) is 0 Å². The van der Waals surface area contributed by atoms with Crippen molar-refractivity contribution < 1.29 is 24.5 Å². The average Bonchev–Trinajstić information content (AvgIpc) is 3.39. The van der Waals surface area contributed by atoms with Crippen LogP contribution in [0.15, 0.2) is 25.0 Å². The number of amides is 2. The maximum Gasteiger partial charge on any atom is 0.257 e. The minimum absolute atomic E-state index is 0.0369. The molecule has 0 unspecified atom stereocenters. The summed E-state index contributed by atoms with van der Waals surface area (Å²) in [5.41, 5.74) is 6.74. The maximum atomic E-state index is 12.4. The van der Waals surface area contributed by atoms with Crippen molar-refractivity contribution >= 4 is 28.8 Å². The van der Waals surface area contributed by atoms with Gasteiger partial charge in [0.25, 0.3) is 11.8 Å². The summed E-state index contributed by atoms with van der Waals surface area (Å²) in [7, 11) is 2.97. The number of nitrogens with one attached hydrogen (secondary N) is 1. The van der Waals surface area contributed by atoms with Gasteiger partial charge in [0, 0.05) is 26.5 Å². The van der Waals surface area contributed by atoms with Crippen LogP contribution in [0.2, 0.25) is 0 Å². The predicted octanol–water partition coefficient (Wildman–Crippen LogP) is -2.31. The number of nitrogen functional groups attached to an aromatic ring is 1. The van der Waals surface area contributed by atoms with Crippen molar-refractivity contribution in [2.24, 2.45) is 0 Å². The van der Waals surface area contributed by atoms with Crippen molar-refractivity contribution in [1.29, 1.82) is 0 Å². The zero-order valence-electron chi connectivity index (χ0n) is 18.2. The Hall–Kier alpha value is -4.19. The van der Waals surface area contributed by atoms with Gasteiger partial charge in [0.2, 0.25) is 5.82 Å². The smallest absolute Gasteiger partial charge is 0.257 e. The fourth-order valence-corrected chi connectivity index (χ4v) is 3.37. The number of carbonyl (C=O) groups excluding carboxylic acids is 2. The van der Waals surface area contributed by atoms with E-state index in [-0.39, 0.29) is 35.3 Å². The molecule has 0 spiro atoms. The van der Waals surface area contributed by atoms with Crippen LogP contribution in [-0.4, -0.2) is 95.4 Å². The summed E-state index contributed by atoms with van der Waals surface area (Å²) in [4.78, 5) is 45.9. The van der Waals surface area contributed by atoms with Crippen molar-refractivity contribution in [3.8, 4) is 11.8 Å². The van der Waals surface area contributed by atoms with E-state index in [4.69, 9.17) is 10.5 Å². The lowest BCUT2D eigenvalue weighted by atomic mass is 10.1. The van der Waals surface area contributed by atoms with E-state index in [0.29, 0.717) is 5.56 Å². The molecule has 5 N–H and O–H groups in total. The first-order chi connectivity index (χ1) is 16.3. The van der Waals surface area contributed by atoms with Crippen LogP contribution >= 0.6 is 0 Å². The molecule has 0 aliphatic carbocycles. The molecule has 176 valence electrons. The highest BCUT2D eigenvalue weighted by atomic mass is 16.6. The van der Waals surface area contributed by atoms with Crippen molar-refractivity contribution in [2.45, 2.75) is 24.5 Å². The minimum atomic E-state index is -1.45. The summed E-state index contributed by atoms with van der Waals surface area (Å²) in [6.07, 6.45) is 0.156. The number of likely N-dealkylation sites (N-methyl/N-ethyl adjacent to an activating group) is 1.